The van der Waals surface area contributed by atoms with E-state index in [1.165, 1.54) is 0 Å². The molecule has 0 aromatic heterocycles. The molecule has 0 aliphatic carbocycles. The van der Waals surface area contributed by atoms with Gasteiger partial charge in [-0.2, -0.15) is 0 Å². The van der Waals surface area contributed by atoms with Crippen LogP contribution in [0, 0.1) is 0 Å². The smallest absolute Gasteiger partial charge is 0.211 e. The topological polar surface area (TPSA) is 48.6 Å². The summed E-state index contributed by atoms with van der Waals surface area (Å²) in [5.41, 5.74) is 0. The Bertz CT molecular complexity index is 74.4. The maximum absolute atomic E-state index is 10.2. The lowest BCUT2D eigenvalue weighted by atomic mass is 10.4. The van der Waals surface area contributed by atoms with Crippen LogP contribution in [0.5, 0.6) is 0 Å². The molecule has 0 aromatic carbocycles. The average Bonchev–Trinajstić information content (AvgIpc) is 1.65. The molecule has 0 saturated heterocycles. The monoisotopic (exact) mass is 246 g/mol. The first-order valence-corrected chi connectivity index (χ1v) is 3.72. The maximum Gasteiger partial charge on any atom is 0.211 e. The molecule has 8 heavy (non-hydrogen) atoms. The standard InChI is InChI=1S/C4H6Br2O.H2O/c1-2-3(5)4(6)7;/h3H,2H2,1H3;1H2. The number of hydrogen-bond donors (Lipinski definition) is 0. The fraction of sp³-hybridized carbons (Fsp3) is 0.750. The van der Waals surface area contributed by atoms with Gasteiger partial charge >= 0.3 is 0 Å². The van der Waals surface area contributed by atoms with Gasteiger partial charge in [-0.15, -0.1) is 0 Å². The summed E-state index contributed by atoms with van der Waals surface area (Å²) >= 11 is 5.96. The lowest BCUT2D eigenvalue weighted by Crippen LogP contribution is -2.02. The number of halogens is 2. The number of carbonyl (C=O) groups excluding carboxylic acids is 1. The third kappa shape index (κ3) is 4.74. The molecule has 0 heterocycles. The normalized spacial score (nSPS) is 11.9. The largest absolute Gasteiger partial charge is 0.412 e. The molecule has 1 unspecified atom stereocenters. The first-order chi connectivity index (χ1) is 3.18. The van der Waals surface area contributed by atoms with Crippen molar-refractivity contribution in [3.05, 3.63) is 0 Å². The third-order valence-electron chi connectivity index (χ3n) is 0.605. The van der Waals surface area contributed by atoms with Crippen LogP contribution in [0.25, 0.3) is 0 Å². The van der Waals surface area contributed by atoms with Crippen LogP contribution < -0.4 is 0 Å². The summed E-state index contributed by atoms with van der Waals surface area (Å²) in [4.78, 5) is 10.2. The zero-order valence-corrected chi connectivity index (χ0v) is 7.62. The molecule has 4 heteroatoms. The highest BCUT2D eigenvalue weighted by Crippen LogP contribution is 2.08. The summed E-state index contributed by atoms with van der Waals surface area (Å²) < 4.78 is 0.0231. The molecule has 0 saturated carbocycles. The SMILES string of the molecule is CCC(Br)C(=O)Br.O. The first-order valence-electron chi connectivity index (χ1n) is 2.02. The van der Waals surface area contributed by atoms with Crippen LogP contribution >= 0.6 is 31.9 Å². The Balaban J connectivity index is 0. The Labute approximate surface area is 65.2 Å². The molecule has 0 fully saturated rings. The molecule has 0 spiro atoms. The Morgan fingerprint density at radius 1 is 1.75 bits per heavy atom. The predicted octanol–water partition coefficient (Wildman–Crippen LogP) is 1.26. The average molecular weight is 248 g/mol. The van der Waals surface area contributed by atoms with Gasteiger partial charge in [0.15, 0.2) is 0 Å². The second kappa shape index (κ2) is 5.72. The summed E-state index contributed by atoms with van der Waals surface area (Å²) in [5, 5.41) is 0. The van der Waals surface area contributed by atoms with E-state index in [9.17, 15) is 4.79 Å². The second-order valence-corrected chi connectivity index (χ2v) is 3.07. The van der Waals surface area contributed by atoms with Crippen LogP contribution in [0.2, 0.25) is 0 Å². The summed E-state index contributed by atoms with van der Waals surface area (Å²) in [7, 11) is 0. The third-order valence-corrected chi connectivity index (χ3v) is 2.84. The summed E-state index contributed by atoms with van der Waals surface area (Å²) in [6.45, 7) is 1.94. The molecule has 0 aliphatic heterocycles. The van der Waals surface area contributed by atoms with Gasteiger partial charge in [-0.1, -0.05) is 22.9 Å². The highest BCUT2D eigenvalue weighted by atomic mass is 79.9. The summed E-state index contributed by atoms with van der Waals surface area (Å²) in [5.74, 6) is 0. The molecule has 50 valence electrons. The van der Waals surface area contributed by atoms with E-state index in [1.807, 2.05) is 6.92 Å². The van der Waals surface area contributed by atoms with Gasteiger partial charge in [0, 0.05) is 0 Å². The van der Waals surface area contributed by atoms with E-state index >= 15 is 0 Å². The molecule has 2 N–H and O–H groups in total. The summed E-state index contributed by atoms with van der Waals surface area (Å²) in [6, 6.07) is 0. The van der Waals surface area contributed by atoms with Crippen molar-refractivity contribution in [2.24, 2.45) is 0 Å². The van der Waals surface area contributed by atoms with Gasteiger partial charge in [0.2, 0.25) is 4.69 Å². The van der Waals surface area contributed by atoms with Gasteiger partial charge in [-0.25, -0.2) is 0 Å². The lowest BCUT2D eigenvalue weighted by Gasteiger charge is -1.94. The minimum Gasteiger partial charge on any atom is -0.412 e. The van der Waals surface area contributed by atoms with Gasteiger partial charge in [0.1, 0.15) is 0 Å². The molecule has 1 atom stereocenters. The van der Waals surface area contributed by atoms with Crippen molar-refractivity contribution in [1.82, 2.24) is 0 Å². The van der Waals surface area contributed by atoms with E-state index in [1.54, 1.807) is 0 Å². The summed E-state index contributed by atoms with van der Waals surface area (Å²) in [6.07, 6.45) is 0.837. The van der Waals surface area contributed by atoms with Gasteiger partial charge in [0.25, 0.3) is 0 Å². The fourth-order valence-corrected chi connectivity index (χ4v) is 0.484. The highest BCUT2D eigenvalue weighted by Gasteiger charge is 2.05. The van der Waals surface area contributed by atoms with Crippen molar-refractivity contribution in [2.75, 3.05) is 0 Å². The van der Waals surface area contributed by atoms with Crippen molar-refractivity contribution < 1.29 is 10.3 Å². The van der Waals surface area contributed by atoms with Crippen LogP contribution in [0.4, 0.5) is 0 Å². The van der Waals surface area contributed by atoms with Crippen molar-refractivity contribution in [2.45, 2.75) is 18.2 Å². The molecule has 2 nitrogen and oxygen atoms in total. The minimum absolute atomic E-state index is 0. The first kappa shape index (κ1) is 11.4. The molecule has 0 radical (unpaired) electrons. The van der Waals surface area contributed by atoms with E-state index < -0.39 is 0 Å². The Morgan fingerprint density at radius 2 is 2.12 bits per heavy atom. The van der Waals surface area contributed by atoms with Gasteiger partial charge < -0.3 is 5.48 Å². The van der Waals surface area contributed by atoms with E-state index in [-0.39, 0.29) is 15.0 Å². The Morgan fingerprint density at radius 3 is 2.12 bits per heavy atom. The molecule has 0 rings (SSSR count). The molecule has 0 bridgehead atoms. The highest BCUT2D eigenvalue weighted by molar-refractivity contribution is 9.20. The molecular formula is C4H8Br2O2. The van der Waals surface area contributed by atoms with E-state index in [2.05, 4.69) is 31.9 Å². The second-order valence-electron chi connectivity index (χ2n) is 1.18. The van der Waals surface area contributed by atoms with Crippen LogP contribution in [0.3, 0.4) is 0 Å². The van der Waals surface area contributed by atoms with Crippen molar-refractivity contribution in [3.63, 3.8) is 0 Å². The van der Waals surface area contributed by atoms with Crippen molar-refractivity contribution in [3.8, 4) is 0 Å². The lowest BCUT2D eigenvalue weighted by molar-refractivity contribution is -0.109. The van der Waals surface area contributed by atoms with Crippen LogP contribution in [-0.2, 0) is 4.79 Å². The molecular weight excluding hydrogens is 240 g/mol. The van der Waals surface area contributed by atoms with Crippen molar-refractivity contribution >= 4 is 36.6 Å². The Kier molecular flexibility index (Phi) is 8.15. The van der Waals surface area contributed by atoms with Gasteiger partial charge in [-0.3, -0.25) is 4.79 Å². The maximum atomic E-state index is 10.2. The van der Waals surface area contributed by atoms with E-state index in [0.717, 1.165) is 6.42 Å². The fourth-order valence-electron chi connectivity index (χ4n) is 0.160. The predicted molar refractivity (Wildman–Crippen MR) is 40.6 cm³/mol. The quantitative estimate of drug-likeness (QED) is 0.535. The van der Waals surface area contributed by atoms with Crippen LogP contribution in [0.15, 0.2) is 0 Å². The number of rotatable bonds is 2. The zero-order chi connectivity index (χ0) is 5.86. The van der Waals surface area contributed by atoms with E-state index in [0.29, 0.717) is 0 Å². The number of hydrogen-bond acceptors (Lipinski definition) is 1. The minimum atomic E-state index is -0.00694. The molecule has 0 amide bonds. The van der Waals surface area contributed by atoms with Gasteiger partial charge in [0.05, 0.1) is 4.83 Å². The number of alkyl halides is 1. The Hall–Kier alpha value is 0.590. The number of carbonyl (C=O) groups is 1. The van der Waals surface area contributed by atoms with Crippen LogP contribution in [-0.4, -0.2) is 15.0 Å². The van der Waals surface area contributed by atoms with E-state index in [4.69, 9.17) is 0 Å². The van der Waals surface area contributed by atoms with Crippen LogP contribution in [0.1, 0.15) is 13.3 Å². The molecule has 0 aliphatic rings. The van der Waals surface area contributed by atoms with Gasteiger partial charge in [-0.05, 0) is 22.4 Å². The molecule has 0 aromatic rings. The van der Waals surface area contributed by atoms with Crippen molar-refractivity contribution in [1.29, 1.82) is 0 Å². The zero-order valence-electron chi connectivity index (χ0n) is 4.45.